The van der Waals surface area contributed by atoms with Gasteiger partial charge in [-0.3, -0.25) is 4.31 Å². The van der Waals surface area contributed by atoms with E-state index in [1.54, 1.807) is 4.31 Å². The number of likely N-dealkylation sites (tertiary alicyclic amines) is 1. The Kier molecular flexibility index (Phi) is 4.06. The molecule has 2 aliphatic heterocycles. The van der Waals surface area contributed by atoms with Crippen LogP contribution in [0.1, 0.15) is 43.2 Å². The van der Waals surface area contributed by atoms with Gasteiger partial charge in [-0.1, -0.05) is 55.0 Å². The first kappa shape index (κ1) is 17.3. The number of piperidine rings is 1. The van der Waals surface area contributed by atoms with Crippen molar-refractivity contribution in [2.24, 2.45) is 0 Å². The molecule has 2 aromatic rings. The standard InChI is InChI=1S/C22H26N2O2S/c25-27(26)22(13-15-23(16-14-22)19-9-6-10-19)20-11-4-5-12-21(20)24(27)17-18-7-2-1-3-8-18/h1-5,7-8,11-12,19H,6,9-10,13-17H2. The molecular formula is C22H26N2O2S. The molecule has 4 nitrogen and oxygen atoms in total. The number of hydrogen-bond donors (Lipinski definition) is 0. The number of benzene rings is 2. The molecule has 5 heteroatoms. The normalized spacial score (nSPS) is 23.9. The van der Waals surface area contributed by atoms with Gasteiger partial charge in [-0.2, -0.15) is 0 Å². The maximum atomic E-state index is 13.8. The summed E-state index contributed by atoms with van der Waals surface area (Å²) in [6.45, 7) is 2.18. The Morgan fingerprint density at radius 3 is 2.26 bits per heavy atom. The van der Waals surface area contributed by atoms with Crippen LogP contribution in [-0.4, -0.2) is 32.4 Å². The van der Waals surface area contributed by atoms with Crippen LogP contribution in [0.3, 0.4) is 0 Å². The van der Waals surface area contributed by atoms with Crippen LogP contribution in [0.15, 0.2) is 54.6 Å². The molecule has 1 saturated carbocycles. The second kappa shape index (κ2) is 6.35. The molecule has 1 spiro atoms. The highest BCUT2D eigenvalue weighted by Gasteiger charge is 2.57. The van der Waals surface area contributed by atoms with Crippen LogP contribution in [0.25, 0.3) is 0 Å². The summed E-state index contributed by atoms with van der Waals surface area (Å²) in [6.07, 6.45) is 5.27. The number of hydrogen-bond acceptors (Lipinski definition) is 3. The third kappa shape index (κ3) is 2.55. The van der Waals surface area contributed by atoms with Crippen molar-refractivity contribution in [3.8, 4) is 0 Å². The highest BCUT2D eigenvalue weighted by Crippen LogP contribution is 2.53. The zero-order valence-corrected chi connectivity index (χ0v) is 16.4. The van der Waals surface area contributed by atoms with Crippen molar-refractivity contribution < 1.29 is 8.42 Å². The van der Waals surface area contributed by atoms with E-state index in [1.165, 1.54) is 19.3 Å². The zero-order chi connectivity index (χ0) is 18.5. The van der Waals surface area contributed by atoms with E-state index in [0.29, 0.717) is 25.4 Å². The van der Waals surface area contributed by atoms with E-state index < -0.39 is 14.8 Å². The number of sulfonamides is 1. The summed E-state index contributed by atoms with van der Waals surface area (Å²) in [5.74, 6) is 0. The molecule has 3 aliphatic rings. The lowest BCUT2D eigenvalue weighted by Gasteiger charge is -2.45. The van der Waals surface area contributed by atoms with Gasteiger partial charge in [0.05, 0.1) is 12.2 Å². The molecule has 2 fully saturated rings. The minimum absolute atomic E-state index is 0.411. The van der Waals surface area contributed by atoms with Crippen molar-refractivity contribution in [1.82, 2.24) is 4.90 Å². The van der Waals surface area contributed by atoms with Crippen LogP contribution in [0.2, 0.25) is 0 Å². The van der Waals surface area contributed by atoms with Crippen LogP contribution in [0.5, 0.6) is 0 Å². The first-order chi connectivity index (χ1) is 13.1. The average molecular weight is 383 g/mol. The van der Waals surface area contributed by atoms with Gasteiger partial charge in [0.2, 0.25) is 10.0 Å². The Balaban J connectivity index is 1.51. The molecule has 0 aromatic heterocycles. The Hall–Kier alpha value is -1.85. The van der Waals surface area contributed by atoms with Crippen molar-refractivity contribution in [2.75, 3.05) is 17.4 Å². The van der Waals surface area contributed by atoms with Gasteiger partial charge >= 0.3 is 0 Å². The van der Waals surface area contributed by atoms with E-state index in [1.807, 2.05) is 54.6 Å². The van der Waals surface area contributed by atoms with Gasteiger partial charge in [0.15, 0.2) is 0 Å². The summed E-state index contributed by atoms with van der Waals surface area (Å²) < 4.78 is 28.5. The van der Waals surface area contributed by atoms with Crippen LogP contribution < -0.4 is 4.31 Å². The zero-order valence-electron chi connectivity index (χ0n) is 15.5. The van der Waals surface area contributed by atoms with Gasteiger partial charge in [-0.25, -0.2) is 8.42 Å². The molecule has 142 valence electrons. The van der Waals surface area contributed by atoms with Crippen LogP contribution in [0.4, 0.5) is 5.69 Å². The second-order valence-corrected chi connectivity index (χ2v) is 10.3. The van der Waals surface area contributed by atoms with Gasteiger partial charge in [0, 0.05) is 19.1 Å². The molecule has 0 radical (unpaired) electrons. The summed E-state index contributed by atoms with van der Waals surface area (Å²) in [7, 11) is -3.44. The molecule has 2 heterocycles. The fourth-order valence-corrected chi connectivity index (χ4v) is 7.31. The van der Waals surface area contributed by atoms with Gasteiger partial charge in [-0.05, 0) is 42.9 Å². The highest BCUT2D eigenvalue weighted by atomic mass is 32.2. The summed E-state index contributed by atoms with van der Waals surface area (Å²) >= 11 is 0. The quantitative estimate of drug-likeness (QED) is 0.809. The summed E-state index contributed by atoms with van der Waals surface area (Å²) in [4.78, 5) is 2.52. The van der Waals surface area contributed by atoms with Gasteiger partial charge in [0.25, 0.3) is 0 Å². The van der Waals surface area contributed by atoms with Crippen molar-refractivity contribution in [2.45, 2.75) is 49.4 Å². The summed E-state index contributed by atoms with van der Waals surface area (Å²) in [5, 5.41) is 0. The molecule has 27 heavy (non-hydrogen) atoms. The fourth-order valence-electron chi connectivity index (χ4n) is 5.00. The minimum atomic E-state index is -3.44. The lowest BCUT2D eigenvalue weighted by atomic mass is 9.84. The fraction of sp³-hybridized carbons (Fsp3) is 0.455. The maximum absolute atomic E-state index is 13.8. The summed E-state index contributed by atoms with van der Waals surface area (Å²) in [6, 6.07) is 18.5. The SMILES string of the molecule is O=S1(=O)N(Cc2ccccc2)c2ccccc2C12CCN(C1CCC1)CC2. The van der Waals surface area contributed by atoms with Crippen molar-refractivity contribution in [1.29, 1.82) is 0 Å². The van der Waals surface area contributed by atoms with Crippen molar-refractivity contribution >= 4 is 15.7 Å². The predicted molar refractivity (Wildman–Crippen MR) is 108 cm³/mol. The van der Waals surface area contributed by atoms with E-state index in [4.69, 9.17) is 0 Å². The van der Waals surface area contributed by atoms with Crippen molar-refractivity contribution in [3.63, 3.8) is 0 Å². The molecule has 5 rings (SSSR count). The van der Waals surface area contributed by atoms with E-state index in [9.17, 15) is 8.42 Å². The first-order valence-electron chi connectivity index (χ1n) is 10.0. The van der Waals surface area contributed by atoms with Crippen LogP contribution in [0, 0.1) is 0 Å². The Bertz CT molecular complexity index is 930. The molecule has 0 atom stereocenters. The molecule has 0 unspecified atom stereocenters. The van der Waals surface area contributed by atoms with Crippen molar-refractivity contribution in [3.05, 3.63) is 65.7 Å². The average Bonchev–Trinajstić information content (AvgIpc) is 2.82. The minimum Gasteiger partial charge on any atom is -0.300 e. The smallest absolute Gasteiger partial charge is 0.245 e. The molecule has 1 saturated heterocycles. The topological polar surface area (TPSA) is 40.6 Å². The lowest BCUT2D eigenvalue weighted by Crippen LogP contribution is -2.52. The van der Waals surface area contributed by atoms with Crippen LogP contribution in [-0.2, 0) is 21.3 Å². The molecule has 1 aliphatic carbocycles. The number of anilines is 1. The summed E-state index contributed by atoms with van der Waals surface area (Å²) in [5.41, 5.74) is 2.91. The van der Waals surface area contributed by atoms with E-state index in [-0.39, 0.29) is 0 Å². The largest absolute Gasteiger partial charge is 0.300 e. The predicted octanol–water partition coefficient (Wildman–Crippen LogP) is 3.88. The van der Waals surface area contributed by atoms with Gasteiger partial charge in [-0.15, -0.1) is 0 Å². The number of fused-ring (bicyclic) bond motifs is 2. The Morgan fingerprint density at radius 1 is 0.926 bits per heavy atom. The van der Waals surface area contributed by atoms with Gasteiger partial charge < -0.3 is 4.90 Å². The molecule has 0 bridgehead atoms. The third-order valence-corrected chi connectivity index (χ3v) is 9.34. The molecule has 2 aromatic carbocycles. The molecule has 0 N–H and O–H groups in total. The molecule has 0 amide bonds. The Labute approximate surface area is 161 Å². The van der Waals surface area contributed by atoms with E-state index in [2.05, 4.69) is 4.90 Å². The number of nitrogens with zero attached hydrogens (tertiary/aromatic N) is 2. The third-order valence-electron chi connectivity index (χ3n) is 6.81. The van der Waals surface area contributed by atoms with E-state index >= 15 is 0 Å². The maximum Gasteiger partial charge on any atom is 0.245 e. The lowest BCUT2D eigenvalue weighted by molar-refractivity contribution is 0.0905. The van der Waals surface area contributed by atoms with Gasteiger partial charge in [0.1, 0.15) is 4.75 Å². The highest BCUT2D eigenvalue weighted by molar-refractivity contribution is 7.94. The Morgan fingerprint density at radius 2 is 1.59 bits per heavy atom. The number of rotatable bonds is 3. The monoisotopic (exact) mass is 382 g/mol. The van der Waals surface area contributed by atoms with Crippen LogP contribution >= 0.6 is 0 Å². The number of para-hydroxylation sites is 1. The second-order valence-electron chi connectivity index (χ2n) is 8.13. The first-order valence-corrected chi connectivity index (χ1v) is 11.5. The van der Waals surface area contributed by atoms with E-state index in [0.717, 1.165) is 29.9 Å². The molecular weight excluding hydrogens is 356 g/mol.